The number of hydrogen-bond donors (Lipinski definition) is 0. The number of rotatable bonds is 6. The number of carbonyl (C=O) groups is 1. The lowest BCUT2D eigenvalue weighted by atomic mass is 10.0. The van der Waals surface area contributed by atoms with E-state index in [0.29, 0.717) is 6.54 Å². The summed E-state index contributed by atoms with van der Waals surface area (Å²) in [7, 11) is 3.62. The van der Waals surface area contributed by atoms with Crippen LogP contribution in [0, 0.1) is 0 Å². The van der Waals surface area contributed by atoms with Crippen LogP contribution in [-0.2, 0) is 16.0 Å². The monoisotopic (exact) mass is 290 g/mol. The minimum atomic E-state index is 0.158. The molecule has 0 aliphatic carbocycles. The van der Waals surface area contributed by atoms with Crippen molar-refractivity contribution >= 4 is 5.91 Å². The standard InChI is InChI=1S/C17H26N2O2/c1-4-21-16-10-11-19(13-17(20)18(2)3)15(16)12-14-8-6-5-7-9-14/h5-9,15-16H,4,10-13H2,1-3H3/t15-,16-/m0/s1. The van der Waals surface area contributed by atoms with E-state index in [1.165, 1.54) is 5.56 Å². The van der Waals surface area contributed by atoms with Gasteiger partial charge in [-0.25, -0.2) is 0 Å². The van der Waals surface area contributed by atoms with Crippen molar-refractivity contribution in [1.82, 2.24) is 9.80 Å². The molecule has 1 saturated heterocycles. The molecule has 1 fully saturated rings. The first-order chi connectivity index (χ1) is 10.1. The van der Waals surface area contributed by atoms with Crippen LogP contribution in [0.2, 0.25) is 0 Å². The van der Waals surface area contributed by atoms with E-state index in [-0.39, 0.29) is 18.1 Å². The van der Waals surface area contributed by atoms with Crippen LogP contribution in [0.3, 0.4) is 0 Å². The molecule has 1 aromatic rings. The predicted molar refractivity (Wildman–Crippen MR) is 84.2 cm³/mol. The largest absolute Gasteiger partial charge is 0.377 e. The molecule has 0 spiro atoms. The second kappa shape index (κ2) is 7.57. The number of carbonyl (C=O) groups excluding carboxylic acids is 1. The van der Waals surface area contributed by atoms with Gasteiger partial charge in [0, 0.05) is 33.3 Å². The number of benzene rings is 1. The fourth-order valence-corrected chi connectivity index (χ4v) is 2.92. The van der Waals surface area contributed by atoms with E-state index >= 15 is 0 Å². The summed E-state index contributed by atoms with van der Waals surface area (Å²) < 4.78 is 5.89. The third-order valence-corrected chi connectivity index (χ3v) is 4.10. The first-order valence-corrected chi connectivity index (χ1v) is 7.71. The molecule has 1 amide bonds. The fourth-order valence-electron chi connectivity index (χ4n) is 2.92. The van der Waals surface area contributed by atoms with E-state index in [1.807, 2.05) is 27.1 Å². The summed E-state index contributed by atoms with van der Waals surface area (Å²) in [5, 5.41) is 0. The molecule has 0 saturated carbocycles. The van der Waals surface area contributed by atoms with Crippen LogP contribution in [0.5, 0.6) is 0 Å². The first kappa shape index (κ1) is 16.0. The molecule has 1 heterocycles. The zero-order valence-corrected chi connectivity index (χ0v) is 13.3. The summed E-state index contributed by atoms with van der Waals surface area (Å²) in [4.78, 5) is 15.9. The van der Waals surface area contributed by atoms with Gasteiger partial charge in [0.25, 0.3) is 0 Å². The lowest BCUT2D eigenvalue weighted by molar-refractivity contribution is -0.130. The number of amides is 1. The Hall–Kier alpha value is -1.39. The number of hydrogen-bond acceptors (Lipinski definition) is 3. The Bertz CT molecular complexity index is 447. The highest BCUT2D eigenvalue weighted by Gasteiger charge is 2.35. The third kappa shape index (κ3) is 4.29. The summed E-state index contributed by atoms with van der Waals surface area (Å²) in [5.74, 6) is 0.158. The molecule has 0 radical (unpaired) electrons. The Kier molecular flexibility index (Phi) is 5.76. The Morgan fingerprint density at radius 2 is 2.05 bits per heavy atom. The lowest BCUT2D eigenvalue weighted by Crippen LogP contribution is -2.43. The second-order valence-electron chi connectivity index (χ2n) is 5.80. The minimum Gasteiger partial charge on any atom is -0.377 e. The molecule has 1 aromatic carbocycles. The van der Waals surface area contributed by atoms with Crippen LogP contribution in [0.15, 0.2) is 30.3 Å². The molecule has 2 atom stereocenters. The van der Waals surface area contributed by atoms with Crippen molar-refractivity contribution in [1.29, 1.82) is 0 Å². The van der Waals surface area contributed by atoms with Crippen molar-refractivity contribution in [2.24, 2.45) is 0 Å². The van der Waals surface area contributed by atoms with Gasteiger partial charge in [-0.3, -0.25) is 9.69 Å². The van der Waals surface area contributed by atoms with Crippen molar-refractivity contribution in [2.75, 3.05) is 33.8 Å². The van der Waals surface area contributed by atoms with Gasteiger partial charge in [0.1, 0.15) is 0 Å². The maximum absolute atomic E-state index is 12.0. The topological polar surface area (TPSA) is 32.8 Å². The van der Waals surface area contributed by atoms with Gasteiger partial charge < -0.3 is 9.64 Å². The van der Waals surface area contributed by atoms with Crippen LogP contribution in [0.1, 0.15) is 18.9 Å². The number of nitrogens with zero attached hydrogens (tertiary/aromatic N) is 2. The zero-order valence-electron chi connectivity index (χ0n) is 13.3. The molecule has 0 unspecified atom stereocenters. The smallest absolute Gasteiger partial charge is 0.236 e. The lowest BCUT2D eigenvalue weighted by Gasteiger charge is -2.28. The zero-order chi connectivity index (χ0) is 15.2. The molecular weight excluding hydrogens is 264 g/mol. The molecule has 0 aromatic heterocycles. The normalized spacial score (nSPS) is 22.4. The van der Waals surface area contributed by atoms with Crippen molar-refractivity contribution in [3.05, 3.63) is 35.9 Å². The van der Waals surface area contributed by atoms with Gasteiger partial charge in [-0.15, -0.1) is 0 Å². The van der Waals surface area contributed by atoms with Gasteiger partial charge in [-0.1, -0.05) is 30.3 Å². The molecular formula is C17H26N2O2. The molecule has 1 aliphatic rings. The SMILES string of the molecule is CCO[C@H]1CCN(CC(=O)N(C)C)[C@H]1Cc1ccccc1. The van der Waals surface area contributed by atoms with E-state index < -0.39 is 0 Å². The van der Waals surface area contributed by atoms with Crippen molar-refractivity contribution in [3.63, 3.8) is 0 Å². The first-order valence-electron chi connectivity index (χ1n) is 7.71. The molecule has 116 valence electrons. The van der Waals surface area contributed by atoms with Crippen LogP contribution < -0.4 is 0 Å². The summed E-state index contributed by atoms with van der Waals surface area (Å²) in [6, 6.07) is 10.7. The van der Waals surface area contributed by atoms with Crippen LogP contribution >= 0.6 is 0 Å². The van der Waals surface area contributed by atoms with Crippen molar-refractivity contribution < 1.29 is 9.53 Å². The Morgan fingerprint density at radius 3 is 2.67 bits per heavy atom. The van der Waals surface area contributed by atoms with Gasteiger partial charge in [-0.05, 0) is 25.3 Å². The number of likely N-dealkylation sites (tertiary alicyclic amines) is 1. The van der Waals surface area contributed by atoms with Crippen molar-refractivity contribution in [2.45, 2.75) is 31.9 Å². The number of ether oxygens (including phenoxy) is 1. The highest BCUT2D eigenvalue weighted by atomic mass is 16.5. The minimum absolute atomic E-state index is 0.158. The maximum atomic E-state index is 12.0. The quantitative estimate of drug-likeness (QED) is 0.801. The van der Waals surface area contributed by atoms with E-state index in [1.54, 1.807) is 4.90 Å². The average molecular weight is 290 g/mol. The van der Waals surface area contributed by atoms with E-state index in [2.05, 4.69) is 29.2 Å². The van der Waals surface area contributed by atoms with Gasteiger partial charge in [0.15, 0.2) is 0 Å². The van der Waals surface area contributed by atoms with Gasteiger partial charge in [-0.2, -0.15) is 0 Å². The fraction of sp³-hybridized carbons (Fsp3) is 0.588. The van der Waals surface area contributed by atoms with Crippen LogP contribution in [-0.4, -0.2) is 61.6 Å². The Balaban J connectivity index is 2.07. The van der Waals surface area contributed by atoms with E-state index in [0.717, 1.165) is 26.0 Å². The second-order valence-corrected chi connectivity index (χ2v) is 5.80. The Labute approximate surface area is 127 Å². The predicted octanol–water partition coefficient (Wildman–Crippen LogP) is 1.80. The molecule has 1 aliphatic heterocycles. The summed E-state index contributed by atoms with van der Waals surface area (Å²) in [5.41, 5.74) is 1.30. The van der Waals surface area contributed by atoms with Crippen molar-refractivity contribution in [3.8, 4) is 0 Å². The third-order valence-electron chi connectivity index (χ3n) is 4.10. The summed E-state index contributed by atoms with van der Waals surface area (Å²) >= 11 is 0. The van der Waals surface area contributed by atoms with E-state index in [9.17, 15) is 4.79 Å². The molecule has 4 heteroatoms. The highest BCUT2D eigenvalue weighted by molar-refractivity contribution is 5.77. The van der Waals surface area contributed by atoms with E-state index in [4.69, 9.17) is 4.74 Å². The molecule has 21 heavy (non-hydrogen) atoms. The molecule has 0 bridgehead atoms. The molecule has 2 rings (SSSR count). The molecule has 0 N–H and O–H groups in total. The van der Waals surface area contributed by atoms with Gasteiger partial charge >= 0.3 is 0 Å². The summed E-state index contributed by atoms with van der Waals surface area (Å²) in [6.07, 6.45) is 2.17. The Morgan fingerprint density at radius 1 is 1.33 bits per heavy atom. The highest BCUT2D eigenvalue weighted by Crippen LogP contribution is 2.24. The van der Waals surface area contributed by atoms with Crippen LogP contribution in [0.25, 0.3) is 0 Å². The van der Waals surface area contributed by atoms with Gasteiger partial charge in [0.2, 0.25) is 5.91 Å². The number of likely N-dealkylation sites (N-methyl/N-ethyl adjacent to an activating group) is 1. The summed E-state index contributed by atoms with van der Waals surface area (Å²) in [6.45, 7) is 4.18. The molecule has 4 nitrogen and oxygen atoms in total. The average Bonchev–Trinajstić information content (AvgIpc) is 2.83. The van der Waals surface area contributed by atoms with Gasteiger partial charge in [0.05, 0.1) is 12.6 Å². The maximum Gasteiger partial charge on any atom is 0.236 e. The van der Waals surface area contributed by atoms with Crippen LogP contribution in [0.4, 0.5) is 0 Å².